The van der Waals surface area contributed by atoms with Crippen LogP contribution >= 0.6 is 0 Å². The molecule has 5 heteroatoms. The first-order valence-electron chi connectivity index (χ1n) is 5.38. The first-order chi connectivity index (χ1) is 9.05. The Hall–Kier alpha value is -2.43. The first-order valence-corrected chi connectivity index (χ1v) is 5.38. The third-order valence-electron chi connectivity index (χ3n) is 2.65. The summed E-state index contributed by atoms with van der Waals surface area (Å²) in [5, 5.41) is 9.66. The number of aldehydes is 1. The summed E-state index contributed by atoms with van der Waals surface area (Å²) in [7, 11) is 1.32. The normalized spacial score (nSPS) is 10.3. The second-order valence-corrected chi connectivity index (χ2v) is 3.89. The van der Waals surface area contributed by atoms with Crippen molar-refractivity contribution in [3.05, 3.63) is 47.5 Å². The van der Waals surface area contributed by atoms with Crippen molar-refractivity contribution >= 4 is 6.29 Å². The van der Waals surface area contributed by atoms with E-state index in [0.29, 0.717) is 11.8 Å². The van der Waals surface area contributed by atoms with Crippen LogP contribution in [0.1, 0.15) is 10.4 Å². The zero-order valence-electron chi connectivity index (χ0n) is 9.98. The molecule has 0 unspecified atom stereocenters. The Kier molecular flexibility index (Phi) is 3.46. The van der Waals surface area contributed by atoms with E-state index in [9.17, 15) is 18.7 Å². The van der Waals surface area contributed by atoms with Crippen LogP contribution in [0.4, 0.5) is 8.78 Å². The Morgan fingerprint density at radius 2 is 1.63 bits per heavy atom. The highest BCUT2D eigenvalue weighted by Gasteiger charge is 2.12. The van der Waals surface area contributed by atoms with Gasteiger partial charge in [-0.3, -0.25) is 4.79 Å². The molecular weight excluding hydrogens is 254 g/mol. The van der Waals surface area contributed by atoms with Crippen LogP contribution in [-0.4, -0.2) is 18.5 Å². The maximum absolute atomic E-state index is 13.2. The van der Waals surface area contributed by atoms with E-state index in [0.717, 1.165) is 18.2 Å². The number of ether oxygens (including phenoxy) is 1. The molecule has 1 N–H and O–H groups in total. The molecule has 3 nitrogen and oxygen atoms in total. The third kappa shape index (κ3) is 2.54. The SMILES string of the molecule is COc1cc(-c2cc(F)cc(F)c2)cc(C=O)c1O. The van der Waals surface area contributed by atoms with Crippen molar-refractivity contribution in [1.82, 2.24) is 0 Å². The van der Waals surface area contributed by atoms with Gasteiger partial charge in [-0.1, -0.05) is 0 Å². The summed E-state index contributed by atoms with van der Waals surface area (Å²) >= 11 is 0. The molecular formula is C14H10F2O3. The summed E-state index contributed by atoms with van der Waals surface area (Å²) in [4.78, 5) is 10.8. The van der Waals surface area contributed by atoms with Gasteiger partial charge in [0.05, 0.1) is 12.7 Å². The number of aromatic hydroxyl groups is 1. The quantitative estimate of drug-likeness (QED) is 0.866. The lowest BCUT2D eigenvalue weighted by molar-refractivity contribution is 0.112. The molecule has 0 spiro atoms. The maximum Gasteiger partial charge on any atom is 0.168 e. The second kappa shape index (κ2) is 5.06. The van der Waals surface area contributed by atoms with Crippen molar-refractivity contribution < 1.29 is 23.4 Å². The number of carbonyl (C=O) groups excluding carboxylic acids is 1. The van der Waals surface area contributed by atoms with Crippen LogP contribution in [-0.2, 0) is 0 Å². The Bertz CT molecular complexity index is 619. The minimum atomic E-state index is -0.727. The summed E-state index contributed by atoms with van der Waals surface area (Å²) in [6, 6.07) is 5.74. The Balaban J connectivity index is 2.64. The Morgan fingerprint density at radius 1 is 1.05 bits per heavy atom. The van der Waals surface area contributed by atoms with E-state index in [4.69, 9.17) is 4.74 Å². The van der Waals surface area contributed by atoms with Gasteiger partial charge in [-0.25, -0.2) is 8.78 Å². The van der Waals surface area contributed by atoms with E-state index < -0.39 is 11.6 Å². The molecule has 0 radical (unpaired) electrons. The number of hydrogen-bond donors (Lipinski definition) is 1. The minimum Gasteiger partial charge on any atom is -0.504 e. The lowest BCUT2D eigenvalue weighted by Gasteiger charge is -2.09. The van der Waals surface area contributed by atoms with Crippen molar-refractivity contribution in [2.45, 2.75) is 0 Å². The van der Waals surface area contributed by atoms with E-state index >= 15 is 0 Å². The number of hydrogen-bond acceptors (Lipinski definition) is 3. The van der Waals surface area contributed by atoms with E-state index in [1.807, 2.05) is 0 Å². The van der Waals surface area contributed by atoms with E-state index in [-0.39, 0.29) is 22.6 Å². The molecule has 0 aliphatic heterocycles. The van der Waals surface area contributed by atoms with Crippen molar-refractivity contribution in [1.29, 1.82) is 0 Å². The molecule has 0 saturated carbocycles. The summed E-state index contributed by atoms with van der Waals surface area (Å²) in [6.45, 7) is 0. The molecule has 0 bridgehead atoms. The molecule has 0 amide bonds. The van der Waals surface area contributed by atoms with Crippen molar-refractivity contribution in [2.24, 2.45) is 0 Å². The number of halogens is 2. The average Bonchev–Trinajstić information content (AvgIpc) is 2.37. The van der Waals surface area contributed by atoms with Crippen molar-refractivity contribution in [3.8, 4) is 22.6 Å². The van der Waals surface area contributed by atoms with Gasteiger partial charge >= 0.3 is 0 Å². The van der Waals surface area contributed by atoms with Crippen LogP contribution in [0.15, 0.2) is 30.3 Å². The highest BCUT2D eigenvalue weighted by atomic mass is 19.1. The van der Waals surface area contributed by atoms with Gasteiger partial charge in [-0.15, -0.1) is 0 Å². The smallest absolute Gasteiger partial charge is 0.168 e. The van der Waals surface area contributed by atoms with E-state index in [1.165, 1.54) is 19.2 Å². The summed E-state index contributed by atoms with van der Waals surface area (Å²) < 4.78 is 31.2. The molecule has 0 saturated heterocycles. The fraction of sp³-hybridized carbons (Fsp3) is 0.0714. The molecule has 2 aromatic rings. The van der Waals surface area contributed by atoms with Crippen LogP contribution in [0.2, 0.25) is 0 Å². The molecule has 19 heavy (non-hydrogen) atoms. The Labute approximate surface area is 108 Å². The lowest BCUT2D eigenvalue weighted by atomic mass is 10.0. The van der Waals surface area contributed by atoms with Gasteiger partial charge in [0, 0.05) is 6.07 Å². The van der Waals surface area contributed by atoms with Crippen LogP contribution in [0.25, 0.3) is 11.1 Å². The molecule has 0 aromatic heterocycles. The van der Waals surface area contributed by atoms with Crippen LogP contribution < -0.4 is 4.74 Å². The van der Waals surface area contributed by atoms with Gasteiger partial charge in [-0.05, 0) is 35.4 Å². The van der Waals surface area contributed by atoms with Gasteiger partial charge in [-0.2, -0.15) is 0 Å². The van der Waals surface area contributed by atoms with Crippen LogP contribution in [0.3, 0.4) is 0 Å². The zero-order valence-corrected chi connectivity index (χ0v) is 9.98. The zero-order chi connectivity index (χ0) is 14.0. The number of carbonyl (C=O) groups is 1. The molecule has 0 atom stereocenters. The predicted octanol–water partition coefficient (Wildman–Crippen LogP) is 3.16. The van der Waals surface area contributed by atoms with Gasteiger partial charge in [0.2, 0.25) is 0 Å². The fourth-order valence-corrected chi connectivity index (χ4v) is 1.76. The van der Waals surface area contributed by atoms with Gasteiger partial charge in [0.1, 0.15) is 11.6 Å². The van der Waals surface area contributed by atoms with Crippen LogP contribution in [0, 0.1) is 11.6 Å². The van der Waals surface area contributed by atoms with Crippen molar-refractivity contribution in [2.75, 3.05) is 7.11 Å². The topological polar surface area (TPSA) is 46.5 Å². The predicted molar refractivity (Wildman–Crippen MR) is 65.4 cm³/mol. The van der Waals surface area contributed by atoms with Gasteiger partial charge in [0.25, 0.3) is 0 Å². The largest absolute Gasteiger partial charge is 0.504 e. The monoisotopic (exact) mass is 264 g/mol. The third-order valence-corrected chi connectivity index (χ3v) is 2.65. The fourth-order valence-electron chi connectivity index (χ4n) is 1.76. The molecule has 2 rings (SSSR count). The number of benzene rings is 2. The molecule has 98 valence electrons. The maximum atomic E-state index is 13.2. The van der Waals surface area contributed by atoms with E-state index in [1.54, 1.807) is 0 Å². The summed E-state index contributed by atoms with van der Waals surface area (Å²) in [5.74, 6) is -1.70. The molecule has 0 aliphatic rings. The minimum absolute atomic E-state index is 0.0148. The van der Waals surface area contributed by atoms with Gasteiger partial charge < -0.3 is 9.84 Å². The van der Waals surface area contributed by atoms with Crippen molar-refractivity contribution in [3.63, 3.8) is 0 Å². The average molecular weight is 264 g/mol. The number of rotatable bonds is 3. The number of phenols is 1. The second-order valence-electron chi connectivity index (χ2n) is 3.89. The molecule has 0 heterocycles. The van der Waals surface area contributed by atoms with E-state index in [2.05, 4.69) is 0 Å². The molecule has 0 fully saturated rings. The number of phenolic OH excluding ortho intramolecular Hbond substituents is 1. The Morgan fingerprint density at radius 3 is 2.16 bits per heavy atom. The summed E-state index contributed by atoms with van der Waals surface area (Å²) in [6.07, 6.45) is 0.441. The molecule has 2 aromatic carbocycles. The highest BCUT2D eigenvalue weighted by molar-refractivity contribution is 5.85. The molecule has 0 aliphatic carbocycles. The first kappa shape index (κ1) is 13.0. The lowest BCUT2D eigenvalue weighted by Crippen LogP contribution is -1.92. The van der Waals surface area contributed by atoms with Crippen LogP contribution in [0.5, 0.6) is 11.5 Å². The van der Waals surface area contributed by atoms with Gasteiger partial charge in [0.15, 0.2) is 17.8 Å². The highest BCUT2D eigenvalue weighted by Crippen LogP contribution is 2.35. The summed E-state index contributed by atoms with van der Waals surface area (Å²) in [5.41, 5.74) is 0.605. The number of methoxy groups -OCH3 is 1. The standard InChI is InChI=1S/C14H10F2O3/c1-19-13-5-8(2-10(7-17)14(13)18)9-3-11(15)6-12(16)4-9/h2-7,18H,1H3.